The summed E-state index contributed by atoms with van der Waals surface area (Å²) in [7, 11) is 1.64. The average molecular weight is 230 g/mol. The van der Waals surface area contributed by atoms with Gasteiger partial charge in [0.2, 0.25) is 0 Å². The van der Waals surface area contributed by atoms with Crippen LogP contribution in [0.5, 0.6) is 5.75 Å². The minimum absolute atomic E-state index is 0.229. The highest BCUT2D eigenvalue weighted by Crippen LogP contribution is 2.23. The van der Waals surface area contributed by atoms with Crippen LogP contribution in [-0.4, -0.2) is 13.2 Å². The normalized spacial score (nSPS) is 17.6. The van der Waals surface area contributed by atoms with E-state index >= 15 is 0 Å². The van der Waals surface area contributed by atoms with E-state index in [1.165, 1.54) is 25.7 Å². The molecule has 1 saturated carbocycles. The van der Waals surface area contributed by atoms with Crippen molar-refractivity contribution in [3.63, 3.8) is 0 Å². The molecule has 1 aliphatic carbocycles. The van der Waals surface area contributed by atoms with E-state index in [1.807, 2.05) is 24.3 Å². The standard InChI is InChI=1S/C14H18N2O/c1-17-13-8-4-5-11(9-13)14(10-15)16-12-6-2-3-7-12/h4-5,8-9,12,14,16H,2-3,6-7H2,1H3. The number of nitrogens with one attached hydrogen (secondary N) is 1. The summed E-state index contributed by atoms with van der Waals surface area (Å²) in [6, 6.07) is 10.3. The smallest absolute Gasteiger partial charge is 0.121 e. The second-order valence-corrected chi connectivity index (χ2v) is 4.49. The molecule has 0 aliphatic heterocycles. The van der Waals surface area contributed by atoms with Crippen LogP contribution in [0.4, 0.5) is 0 Å². The molecule has 2 rings (SSSR count). The molecule has 1 aromatic rings. The molecule has 0 radical (unpaired) electrons. The number of ether oxygens (including phenoxy) is 1. The Kier molecular flexibility index (Phi) is 4.00. The SMILES string of the molecule is COc1cccc(C(C#N)NC2CCCC2)c1. The zero-order valence-electron chi connectivity index (χ0n) is 10.1. The molecule has 1 N–H and O–H groups in total. The van der Waals surface area contributed by atoms with Crippen LogP contribution < -0.4 is 10.1 Å². The molecule has 90 valence electrons. The summed E-state index contributed by atoms with van der Waals surface area (Å²) in [5.41, 5.74) is 0.985. The van der Waals surface area contributed by atoms with E-state index in [0.717, 1.165) is 11.3 Å². The van der Waals surface area contributed by atoms with Gasteiger partial charge in [-0.25, -0.2) is 0 Å². The monoisotopic (exact) mass is 230 g/mol. The fourth-order valence-electron chi connectivity index (χ4n) is 2.36. The fraction of sp³-hybridized carbons (Fsp3) is 0.500. The first kappa shape index (κ1) is 11.9. The lowest BCUT2D eigenvalue weighted by Gasteiger charge is -2.17. The Bertz CT molecular complexity index is 405. The van der Waals surface area contributed by atoms with E-state index in [2.05, 4.69) is 11.4 Å². The highest BCUT2D eigenvalue weighted by molar-refractivity contribution is 5.33. The van der Waals surface area contributed by atoms with E-state index in [-0.39, 0.29) is 6.04 Å². The molecular weight excluding hydrogens is 212 g/mol. The Morgan fingerprint density at radius 1 is 1.41 bits per heavy atom. The van der Waals surface area contributed by atoms with Crippen molar-refractivity contribution in [3.8, 4) is 11.8 Å². The number of rotatable bonds is 4. The van der Waals surface area contributed by atoms with Crippen LogP contribution in [0.15, 0.2) is 24.3 Å². The summed E-state index contributed by atoms with van der Waals surface area (Å²) in [5.74, 6) is 0.802. The second kappa shape index (κ2) is 5.70. The van der Waals surface area contributed by atoms with Crippen molar-refractivity contribution in [2.75, 3.05) is 7.11 Å². The zero-order valence-corrected chi connectivity index (χ0v) is 10.1. The van der Waals surface area contributed by atoms with Gasteiger partial charge in [-0.15, -0.1) is 0 Å². The first-order valence-electron chi connectivity index (χ1n) is 6.13. The van der Waals surface area contributed by atoms with Gasteiger partial charge in [0.25, 0.3) is 0 Å². The molecule has 1 unspecified atom stereocenters. The van der Waals surface area contributed by atoms with Crippen LogP contribution in [0.2, 0.25) is 0 Å². The van der Waals surface area contributed by atoms with E-state index in [9.17, 15) is 5.26 Å². The van der Waals surface area contributed by atoms with Gasteiger partial charge in [0.1, 0.15) is 11.8 Å². The van der Waals surface area contributed by atoms with Crippen molar-refractivity contribution in [2.24, 2.45) is 0 Å². The summed E-state index contributed by atoms with van der Waals surface area (Å²) < 4.78 is 5.18. The molecule has 0 saturated heterocycles. The highest BCUT2D eigenvalue weighted by atomic mass is 16.5. The Balaban J connectivity index is 2.08. The summed E-state index contributed by atoms with van der Waals surface area (Å²) >= 11 is 0. The summed E-state index contributed by atoms with van der Waals surface area (Å²) in [6.45, 7) is 0. The lowest BCUT2D eigenvalue weighted by molar-refractivity contribution is 0.413. The van der Waals surface area contributed by atoms with E-state index in [1.54, 1.807) is 7.11 Å². The van der Waals surface area contributed by atoms with Crippen LogP contribution in [0.1, 0.15) is 37.3 Å². The summed E-state index contributed by atoms with van der Waals surface area (Å²) in [6.07, 6.45) is 4.91. The van der Waals surface area contributed by atoms with Gasteiger partial charge in [-0.3, -0.25) is 5.32 Å². The largest absolute Gasteiger partial charge is 0.497 e. The maximum Gasteiger partial charge on any atom is 0.121 e. The number of nitriles is 1. The molecule has 0 heterocycles. The minimum atomic E-state index is -0.229. The first-order valence-corrected chi connectivity index (χ1v) is 6.13. The third-order valence-electron chi connectivity index (χ3n) is 3.31. The predicted molar refractivity (Wildman–Crippen MR) is 66.7 cm³/mol. The van der Waals surface area contributed by atoms with Crippen molar-refractivity contribution in [1.82, 2.24) is 5.32 Å². The fourth-order valence-corrected chi connectivity index (χ4v) is 2.36. The molecule has 3 nitrogen and oxygen atoms in total. The lowest BCUT2D eigenvalue weighted by Crippen LogP contribution is -2.29. The number of nitrogens with zero attached hydrogens (tertiary/aromatic N) is 1. The molecule has 1 aliphatic rings. The summed E-state index contributed by atoms with van der Waals surface area (Å²) in [5, 5.41) is 12.7. The van der Waals surface area contributed by atoms with E-state index in [4.69, 9.17) is 4.74 Å². The van der Waals surface area contributed by atoms with Crippen molar-refractivity contribution in [2.45, 2.75) is 37.8 Å². The third-order valence-corrected chi connectivity index (χ3v) is 3.31. The van der Waals surface area contributed by atoms with Crippen LogP contribution in [0.3, 0.4) is 0 Å². The molecule has 1 fully saturated rings. The van der Waals surface area contributed by atoms with Crippen molar-refractivity contribution in [3.05, 3.63) is 29.8 Å². The maximum absolute atomic E-state index is 9.25. The van der Waals surface area contributed by atoms with Gasteiger partial charge in [-0.05, 0) is 30.5 Å². The van der Waals surface area contributed by atoms with Crippen LogP contribution >= 0.6 is 0 Å². The zero-order chi connectivity index (χ0) is 12.1. The Hall–Kier alpha value is -1.53. The van der Waals surface area contributed by atoms with Gasteiger partial charge in [-0.2, -0.15) is 5.26 Å². The molecule has 1 aromatic carbocycles. The number of hydrogen-bond donors (Lipinski definition) is 1. The Morgan fingerprint density at radius 3 is 2.82 bits per heavy atom. The molecular formula is C14H18N2O. The number of hydrogen-bond acceptors (Lipinski definition) is 3. The minimum Gasteiger partial charge on any atom is -0.497 e. The quantitative estimate of drug-likeness (QED) is 0.865. The number of methoxy groups -OCH3 is 1. The molecule has 0 aromatic heterocycles. The molecule has 0 bridgehead atoms. The average Bonchev–Trinajstić information content (AvgIpc) is 2.89. The Labute approximate surface area is 102 Å². The predicted octanol–water partition coefficient (Wildman–Crippen LogP) is 2.79. The van der Waals surface area contributed by atoms with Gasteiger partial charge in [0.15, 0.2) is 0 Å². The van der Waals surface area contributed by atoms with Crippen molar-refractivity contribution < 1.29 is 4.74 Å². The van der Waals surface area contributed by atoms with Gasteiger partial charge < -0.3 is 4.74 Å². The summed E-state index contributed by atoms with van der Waals surface area (Å²) in [4.78, 5) is 0. The van der Waals surface area contributed by atoms with Crippen LogP contribution in [0.25, 0.3) is 0 Å². The Morgan fingerprint density at radius 2 is 2.18 bits per heavy atom. The molecule has 3 heteroatoms. The second-order valence-electron chi connectivity index (χ2n) is 4.49. The maximum atomic E-state index is 9.25. The van der Waals surface area contributed by atoms with Crippen molar-refractivity contribution in [1.29, 1.82) is 5.26 Å². The molecule has 17 heavy (non-hydrogen) atoms. The molecule has 1 atom stereocenters. The third kappa shape index (κ3) is 2.98. The highest BCUT2D eigenvalue weighted by Gasteiger charge is 2.20. The van der Waals surface area contributed by atoms with Gasteiger partial charge in [0, 0.05) is 6.04 Å². The molecule has 0 spiro atoms. The van der Waals surface area contributed by atoms with Gasteiger partial charge in [0.05, 0.1) is 13.2 Å². The lowest BCUT2D eigenvalue weighted by atomic mass is 10.1. The molecule has 0 amide bonds. The van der Waals surface area contributed by atoms with Crippen LogP contribution in [0, 0.1) is 11.3 Å². The van der Waals surface area contributed by atoms with E-state index in [0.29, 0.717) is 6.04 Å². The topological polar surface area (TPSA) is 45.0 Å². The van der Waals surface area contributed by atoms with Crippen molar-refractivity contribution >= 4 is 0 Å². The van der Waals surface area contributed by atoms with E-state index < -0.39 is 0 Å². The van der Waals surface area contributed by atoms with Gasteiger partial charge >= 0.3 is 0 Å². The first-order chi connectivity index (χ1) is 8.33. The van der Waals surface area contributed by atoms with Crippen LogP contribution in [-0.2, 0) is 0 Å². The van der Waals surface area contributed by atoms with Gasteiger partial charge in [-0.1, -0.05) is 25.0 Å². The number of benzene rings is 1.